The highest BCUT2D eigenvalue weighted by Crippen LogP contribution is 2.25. The fourth-order valence-corrected chi connectivity index (χ4v) is 3.41. The topological polar surface area (TPSA) is 101 Å². The summed E-state index contributed by atoms with van der Waals surface area (Å²) < 4.78 is 27.0. The van der Waals surface area contributed by atoms with Gasteiger partial charge in [-0.05, 0) is 30.3 Å². The van der Waals surface area contributed by atoms with Crippen LogP contribution in [0.25, 0.3) is 11.0 Å². The molecular formula is C13H11ClN4O2S. The third kappa shape index (κ3) is 2.65. The number of imidazole rings is 1. The van der Waals surface area contributed by atoms with Crippen LogP contribution >= 0.6 is 11.6 Å². The van der Waals surface area contributed by atoms with Gasteiger partial charge in [-0.25, -0.2) is 18.1 Å². The number of rotatable bonds is 3. The molecule has 0 radical (unpaired) electrons. The normalized spacial score (nSPS) is 11.7. The fourth-order valence-electron chi connectivity index (χ4n) is 1.91. The summed E-state index contributed by atoms with van der Waals surface area (Å²) in [6, 6.07) is 11.5. The molecule has 6 nitrogen and oxygen atoms in total. The van der Waals surface area contributed by atoms with Gasteiger partial charge in [-0.2, -0.15) is 0 Å². The molecule has 2 aromatic carbocycles. The molecular weight excluding hydrogens is 312 g/mol. The maximum Gasteiger partial charge on any atom is 0.265 e. The molecule has 0 aliphatic carbocycles. The van der Waals surface area contributed by atoms with E-state index in [-0.39, 0.29) is 15.9 Å². The van der Waals surface area contributed by atoms with Crippen molar-refractivity contribution >= 4 is 44.3 Å². The molecule has 4 N–H and O–H groups in total. The van der Waals surface area contributed by atoms with Gasteiger partial charge in [0, 0.05) is 5.69 Å². The van der Waals surface area contributed by atoms with Crippen LogP contribution in [0, 0.1) is 0 Å². The van der Waals surface area contributed by atoms with Crippen molar-refractivity contribution in [1.29, 1.82) is 0 Å². The summed E-state index contributed by atoms with van der Waals surface area (Å²) >= 11 is 5.92. The van der Waals surface area contributed by atoms with Crippen molar-refractivity contribution in [3.05, 3.63) is 47.5 Å². The molecule has 8 heteroatoms. The number of anilines is 2. The van der Waals surface area contributed by atoms with Crippen molar-refractivity contribution in [3.63, 3.8) is 0 Å². The number of hydrogen-bond donors (Lipinski definition) is 3. The van der Waals surface area contributed by atoms with Crippen LogP contribution in [-0.2, 0) is 10.0 Å². The summed E-state index contributed by atoms with van der Waals surface area (Å²) in [7, 11) is -3.87. The minimum absolute atomic E-state index is 0.0906. The van der Waals surface area contributed by atoms with Gasteiger partial charge in [-0.15, -0.1) is 0 Å². The van der Waals surface area contributed by atoms with Gasteiger partial charge in [0.15, 0.2) is 0 Å². The zero-order valence-corrected chi connectivity index (χ0v) is 12.2. The number of fused-ring (bicyclic) bond motifs is 1. The van der Waals surface area contributed by atoms with E-state index < -0.39 is 10.0 Å². The van der Waals surface area contributed by atoms with E-state index in [1.54, 1.807) is 12.1 Å². The molecule has 108 valence electrons. The second kappa shape index (κ2) is 4.94. The maximum absolute atomic E-state index is 12.3. The molecule has 0 atom stereocenters. The summed E-state index contributed by atoms with van der Waals surface area (Å²) in [5, 5.41) is 0.0906. The van der Waals surface area contributed by atoms with Crippen LogP contribution in [-0.4, -0.2) is 18.4 Å². The number of aromatic amines is 1. The average molecular weight is 323 g/mol. The lowest BCUT2D eigenvalue weighted by Crippen LogP contribution is -2.14. The molecule has 1 heterocycles. The number of aromatic nitrogens is 2. The summed E-state index contributed by atoms with van der Waals surface area (Å²) in [6.07, 6.45) is 0. The third-order valence-electron chi connectivity index (χ3n) is 2.87. The van der Waals surface area contributed by atoms with Gasteiger partial charge in [0.1, 0.15) is 4.90 Å². The summed E-state index contributed by atoms with van der Waals surface area (Å²) in [4.78, 5) is 6.94. The number of nitrogens with one attached hydrogen (secondary N) is 2. The minimum atomic E-state index is -3.87. The Morgan fingerprint density at radius 3 is 2.71 bits per heavy atom. The number of nitrogen functional groups attached to an aromatic ring is 1. The lowest BCUT2D eigenvalue weighted by atomic mass is 10.3. The highest BCUT2D eigenvalue weighted by atomic mass is 35.5. The highest BCUT2D eigenvalue weighted by molar-refractivity contribution is 7.92. The quantitative estimate of drug-likeness (QED) is 0.645. The van der Waals surface area contributed by atoms with Gasteiger partial charge in [0.05, 0.1) is 16.1 Å². The second-order valence-electron chi connectivity index (χ2n) is 4.40. The van der Waals surface area contributed by atoms with Gasteiger partial charge in [0.25, 0.3) is 10.0 Å². The lowest BCUT2D eigenvalue weighted by molar-refractivity contribution is 0.601. The van der Waals surface area contributed by atoms with Crippen LogP contribution in [0.15, 0.2) is 47.4 Å². The van der Waals surface area contributed by atoms with Crippen molar-refractivity contribution in [2.75, 3.05) is 10.5 Å². The number of para-hydroxylation sites is 2. The minimum Gasteiger partial charge on any atom is -0.399 e. The molecule has 0 aliphatic rings. The first kappa shape index (κ1) is 13.7. The van der Waals surface area contributed by atoms with Crippen LogP contribution in [0.2, 0.25) is 5.02 Å². The molecule has 0 spiro atoms. The van der Waals surface area contributed by atoms with E-state index in [4.69, 9.17) is 17.3 Å². The Morgan fingerprint density at radius 2 is 1.95 bits per heavy atom. The van der Waals surface area contributed by atoms with Crippen LogP contribution in [0.5, 0.6) is 0 Å². The number of benzene rings is 2. The van der Waals surface area contributed by atoms with Crippen molar-refractivity contribution < 1.29 is 8.42 Å². The highest BCUT2D eigenvalue weighted by Gasteiger charge is 2.20. The largest absolute Gasteiger partial charge is 0.399 e. The molecule has 0 amide bonds. The number of nitrogens with zero attached hydrogens (tertiary/aromatic N) is 1. The summed E-state index contributed by atoms with van der Waals surface area (Å²) in [5.41, 5.74) is 7.31. The predicted molar refractivity (Wildman–Crippen MR) is 82.8 cm³/mol. The zero-order valence-electron chi connectivity index (χ0n) is 10.7. The Kier molecular flexibility index (Phi) is 3.23. The van der Waals surface area contributed by atoms with Gasteiger partial charge in [-0.1, -0.05) is 23.7 Å². The molecule has 21 heavy (non-hydrogen) atoms. The fraction of sp³-hybridized carbons (Fsp3) is 0. The summed E-state index contributed by atoms with van der Waals surface area (Å²) in [5.74, 6) is 0.120. The third-order valence-corrected chi connectivity index (χ3v) is 4.69. The standard InChI is InChI=1S/C13H11ClN4O2S/c14-9-6-5-8(15)7-12(9)21(19,20)18-13-16-10-3-1-2-4-11(10)17-13/h1-7H,15H2,(H2,16,17,18). The first-order valence-corrected chi connectivity index (χ1v) is 7.84. The first-order valence-electron chi connectivity index (χ1n) is 5.98. The lowest BCUT2D eigenvalue weighted by Gasteiger charge is -2.07. The molecule has 0 bridgehead atoms. The van der Waals surface area contributed by atoms with Crippen molar-refractivity contribution in [1.82, 2.24) is 9.97 Å². The number of hydrogen-bond acceptors (Lipinski definition) is 4. The van der Waals surface area contributed by atoms with Crippen LogP contribution in [0.1, 0.15) is 0 Å². The number of sulfonamides is 1. The second-order valence-corrected chi connectivity index (χ2v) is 6.46. The molecule has 0 fully saturated rings. The van der Waals surface area contributed by atoms with E-state index in [9.17, 15) is 8.42 Å². The molecule has 0 unspecified atom stereocenters. The van der Waals surface area contributed by atoms with Crippen LogP contribution < -0.4 is 10.5 Å². The number of halogens is 1. The number of H-pyrrole nitrogens is 1. The smallest absolute Gasteiger partial charge is 0.265 e. The van der Waals surface area contributed by atoms with E-state index in [0.717, 1.165) is 5.52 Å². The number of nitrogens with two attached hydrogens (primary N) is 1. The molecule has 3 rings (SSSR count). The van der Waals surface area contributed by atoms with E-state index in [1.165, 1.54) is 18.2 Å². The Morgan fingerprint density at radius 1 is 1.19 bits per heavy atom. The Labute approximate surface area is 126 Å². The molecule has 3 aromatic rings. The Bertz CT molecular complexity index is 888. The Hall–Kier alpha value is -2.25. The van der Waals surface area contributed by atoms with Crippen molar-refractivity contribution in [2.24, 2.45) is 0 Å². The van der Waals surface area contributed by atoms with Gasteiger partial charge in [-0.3, -0.25) is 0 Å². The first-order chi connectivity index (χ1) is 9.95. The molecule has 1 aromatic heterocycles. The molecule has 0 saturated heterocycles. The van der Waals surface area contributed by atoms with Crippen molar-refractivity contribution in [2.45, 2.75) is 4.90 Å². The van der Waals surface area contributed by atoms with E-state index >= 15 is 0 Å². The average Bonchev–Trinajstić information content (AvgIpc) is 2.82. The van der Waals surface area contributed by atoms with Gasteiger partial charge >= 0.3 is 0 Å². The van der Waals surface area contributed by atoms with Gasteiger partial charge < -0.3 is 10.7 Å². The SMILES string of the molecule is Nc1ccc(Cl)c(S(=O)(=O)Nc2nc3ccccc3[nH]2)c1. The Balaban J connectivity index is 2.01. The zero-order chi connectivity index (χ0) is 15.0. The monoisotopic (exact) mass is 322 g/mol. The molecule has 0 aliphatic heterocycles. The van der Waals surface area contributed by atoms with Crippen molar-refractivity contribution in [3.8, 4) is 0 Å². The predicted octanol–water partition coefficient (Wildman–Crippen LogP) is 2.60. The maximum atomic E-state index is 12.3. The van der Waals surface area contributed by atoms with E-state index in [0.29, 0.717) is 11.2 Å². The van der Waals surface area contributed by atoms with Crippen LogP contribution in [0.4, 0.5) is 11.6 Å². The summed E-state index contributed by atoms with van der Waals surface area (Å²) in [6.45, 7) is 0. The van der Waals surface area contributed by atoms with Gasteiger partial charge in [0.2, 0.25) is 5.95 Å². The van der Waals surface area contributed by atoms with E-state index in [2.05, 4.69) is 14.7 Å². The van der Waals surface area contributed by atoms with Crippen LogP contribution in [0.3, 0.4) is 0 Å². The van der Waals surface area contributed by atoms with E-state index in [1.807, 2.05) is 12.1 Å². The molecule has 0 saturated carbocycles.